The summed E-state index contributed by atoms with van der Waals surface area (Å²) in [6.45, 7) is 5.85. The molecular formula is C25H25ClN6O5S. The first kappa shape index (κ1) is 27.0. The maximum absolute atomic E-state index is 12.9. The van der Waals surface area contributed by atoms with Crippen molar-refractivity contribution in [3.63, 3.8) is 0 Å². The number of benzene rings is 1. The predicted octanol–water partition coefficient (Wildman–Crippen LogP) is 4.09. The van der Waals surface area contributed by atoms with Gasteiger partial charge in [-0.25, -0.2) is 27.9 Å². The SMILES string of the molecule is CCOC(=O)Nc1cnc(Cn2c(CC)nc3ccc(C(=O)NS(=O)(=O)c4ccc(C)cc4)nc32)c(Cl)c1. The number of aromatic nitrogens is 4. The number of halogens is 1. The molecule has 4 aromatic rings. The minimum atomic E-state index is -4.09. The maximum atomic E-state index is 12.9. The Hall–Kier alpha value is -4.03. The van der Waals surface area contributed by atoms with E-state index in [4.69, 9.17) is 16.3 Å². The topological polar surface area (TPSA) is 145 Å². The van der Waals surface area contributed by atoms with Crippen molar-refractivity contribution in [1.82, 2.24) is 24.2 Å². The number of hydrogen-bond donors (Lipinski definition) is 2. The smallest absolute Gasteiger partial charge is 0.411 e. The van der Waals surface area contributed by atoms with Crippen molar-refractivity contribution in [3.8, 4) is 0 Å². The number of anilines is 1. The largest absolute Gasteiger partial charge is 0.450 e. The van der Waals surface area contributed by atoms with Crippen LogP contribution in [0.5, 0.6) is 0 Å². The number of amides is 2. The lowest BCUT2D eigenvalue weighted by Crippen LogP contribution is -2.31. The fraction of sp³-hybridized carbons (Fsp3) is 0.240. The lowest BCUT2D eigenvalue weighted by molar-refractivity contribution is 0.0976. The average molecular weight is 557 g/mol. The summed E-state index contributed by atoms with van der Waals surface area (Å²) in [4.78, 5) is 37.8. The van der Waals surface area contributed by atoms with Crippen LogP contribution < -0.4 is 10.0 Å². The predicted molar refractivity (Wildman–Crippen MR) is 142 cm³/mol. The van der Waals surface area contributed by atoms with Gasteiger partial charge in [0, 0.05) is 6.42 Å². The molecule has 4 rings (SSSR count). The van der Waals surface area contributed by atoms with Gasteiger partial charge in [0.2, 0.25) is 0 Å². The average Bonchev–Trinajstić information content (AvgIpc) is 3.22. The molecule has 11 nitrogen and oxygen atoms in total. The molecule has 1 aromatic carbocycles. The number of rotatable bonds is 8. The second kappa shape index (κ2) is 11.2. The van der Waals surface area contributed by atoms with E-state index in [9.17, 15) is 18.0 Å². The molecule has 0 aliphatic heterocycles. The van der Waals surface area contributed by atoms with Gasteiger partial charge >= 0.3 is 6.09 Å². The van der Waals surface area contributed by atoms with E-state index < -0.39 is 22.0 Å². The van der Waals surface area contributed by atoms with Gasteiger partial charge in [0.1, 0.15) is 17.0 Å². The number of aryl methyl sites for hydroxylation is 2. The number of pyridine rings is 2. The van der Waals surface area contributed by atoms with Crippen LogP contribution in [0.2, 0.25) is 5.02 Å². The zero-order chi connectivity index (χ0) is 27.4. The summed E-state index contributed by atoms with van der Waals surface area (Å²) >= 11 is 6.44. The molecule has 2 N–H and O–H groups in total. The van der Waals surface area contributed by atoms with Crippen molar-refractivity contribution in [2.75, 3.05) is 11.9 Å². The summed E-state index contributed by atoms with van der Waals surface area (Å²) in [5, 5.41) is 2.83. The van der Waals surface area contributed by atoms with E-state index >= 15 is 0 Å². The molecule has 3 heterocycles. The van der Waals surface area contributed by atoms with Gasteiger partial charge in [-0.15, -0.1) is 0 Å². The molecule has 198 valence electrons. The number of ether oxygens (including phenoxy) is 1. The highest BCUT2D eigenvalue weighted by Crippen LogP contribution is 2.23. The highest BCUT2D eigenvalue weighted by Gasteiger charge is 2.21. The Morgan fingerprint density at radius 3 is 2.47 bits per heavy atom. The first-order chi connectivity index (χ1) is 18.1. The summed E-state index contributed by atoms with van der Waals surface area (Å²) in [6.07, 6.45) is 1.39. The monoisotopic (exact) mass is 556 g/mol. The minimum Gasteiger partial charge on any atom is -0.450 e. The summed E-state index contributed by atoms with van der Waals surface area (Å²) in [7, 11) is -4.09. The Labute approximate surface area is 224 Å². The zero-order valence-corrected chi connectivity index (χ0v) is 22.4. The van der Waals surface area contributed by atoms with Crippen molar-refractivity contribution >= 4 is 50.5 Å². The molecule has 0 atom stereocenters. The van der Waals surface area contributed by atoms with Crippen molar-refractivity contribution < 1.29 is 22.7 Å². The third-order valence-corrected chi connectivity index (χ3v) is 7.20. The maximum Gasteiger partial charge on any atom is 0.411 e. The first-order valence-electron chi connectivity index (χ1n) is 11.7. The van der Waals surface area contributed by atoms with Gasteiger partial charge in [-0.1, -0.05) is 36.2 Å². The fourth-order valence-electron chi connectivity index (χ4n) is 3.65. The van der Waals surface area contributed by atoms with Crippen LogP contribution in [0.1, 0.15) is 41.4 Å². The number of nitrogens with one attached hydrogen (secondary N) is 2. The minimum absolute atomic E-state index is 0.0301. The summed E-state index contributed by atoms with van der Waals surface area (Å²) in [5.41, 5.74) is 2.54. The molecule has 0 spiro atoms. The van der Waals surface area contributed by atoms with Gasteiger partial charge in [0.25, 0.3) is 15.9 Å². The molecule has 0 bridgehead atoms. The number of imidazole rings is 1. The number of carbonyl (C=O) groups excluding carboxylic acids is 2. The van der Waals surface area contributed by atoms with Gasteiger partial charge in [-0.05, 0) is 44.2 Å². The third-order valence-electron chi connectivity index (χ3n) is 5.53. The Morgan fingerprint density at radius 1 is 1.08 bits per heavy atom. The van der Waals surface area contributed by atoms with Crippen LogP contribution in [0.3, 0.4) is 0 Å². The molecule has 0 saturated heterocycles. The van der Waals surface area contributed by atoms with Gasteiger partial charge in [-0.3, -0.25) is 15.1 Å². The molecule has 0 fully saturated rings. The first-order valence-corrected chi connectivity index (χ1v) is 13.6. The normalized spacial score (nSPS) is 11.4. The Kier molecular flexibility index (Phi) is 7.93. The molecule has 0 saturated carbocycles. The molecule has 0 unspecified atom stereocenters. The Balaban J connectivity index is 1.62. The number of nitrogens with zero attached hydrogens (tertiary/aromatic N) is 4. The highest BCUT2D eigenvalue weighted by atomic mass is 35.5. The fourth-order valence-corrected chi connectivity index (χ4v) is 4.83. The Bertz CT molecular complexity index is 1620. The molecule has 0 aliphatic rings. The zero-order valence-electron chi connectivity index (χ0n) is 20.9. The number of carbonyl (C=O) groups is 2. The van der Waals surface area contributed by atoms with Gasteiger partial charge < -0.3 is 9.30 Å². The van der Waals surface area contributed by atoms with E-state index in [2.05, 4.69) is 25.0 Å². The van der Waals surface area contributed by atoms with Crippen LogP contribution in [0, 0.1) is 6.92 Å². The van der Waals surface area contributed by atoms with E-state index in [0.717, 1.165) is 5.56 Å². The molecule has 0 radical (unpaired) electrons. The molecule has 13 heteroatoms. The van der Waals surface area contributed by atoms with Crippen molar-refractivity contribution in [1.29, 1.82) is 0 Å². The lowest BCUT2D eigenvalue weighted by Gasteiger charge is -2.11. The second-order valence-corrected chi connectivity index (χ2v) is 10.3. The van der Waals surface area contributed by atoms with Crippen LogP contribution in [0.15, 0.2) is 53.6 Å². The standard InChI is InChI=1S/C25H25ClN6O5S/c1-4-22-29-19-10-11-20(24(33)31-38(35,36)17-8-6-15(3)7-9-17)30-23(19)32(22)14-21-18(26)12-16(13-27-21)28-25(34)37-5-2/h6-13H,4-5,14H2,1-3H3,(H,28,34)(H,31,33). The van der Waals surface area contributed by atoms with Crippen molar-refractivity contribution in [3.05, 3.63) is 76.5 Å². The van der Waals surface area contributed by atoms with Crippen LogP contribution >= 0.6 is 11.6 Å². The Morgan fingerprint density at radius 2 is 1.82 bits per heavy atom. The summed E-state index contributed by atoms with van der Waals surface area (Å²) < 4.78 is 34.0. The van der Waals surface area contributed by atoms with Gasteiger partial charge in [0.15, 0.2) is 5.65 Å². The number of sulfonamides is 1. The second-order valence-electron chi connectivity index (χ2n) is 8.25. The summed E-state index contributed by atoms with van der Waals surface area (Å²) in [6, 6.07) is 10.7. The molecule has 0 aliphatic carbocycles. The molecule has 3 aromatic heterocycles. The molecular weight excluding hydrogens is 532 g/mol. The van der Waals surface area contributed by atoms with Crippen LogP contribution in [-0.2, 0) is 27.7 Å². The van der Waals surface area contributed by atoms with E-state index in [1.165, 1.54) is 24.4 Å². The molecule has 38 heavy (non-hydrogen) atoms. The van der Waals surface area contributed by atoms with Crippen LogP contribution in [0.25, 0.3) is 11.2 Å². The summed E-state index contributed by atoms with van der Waals surface area (Å²) in [5.74, 6) is -0.201. The number of fused-ring (bicyclic) bond motifs is 1. The van der Waals surface area contributed by atoms with Crippen LogP contribution in [-0.4, -0.2) is 46.5 Å². The van der Waals surface area contributed by atoms with Crippen LogP contribution in [0.4, 0.5) is 10.5 Å². The van der Waals surface area contributed by atoms with Crippen molar-refractivity contribution in [2.24, 2.45) is 0 Å². The van der Waals surface area contributed by atoms with E-state index in [1.54, 1.807) is 35.8 Å². The molecule has 2 amide bonds. The number of hydrogen-bond acceptors (Lipinski definition) is 8. The van der Waals surface area contributed by atoms with E-state index in [0.29, 0.717) is 39.8 Å². The van der Waals surface area contributed by atoms with Crippen molar-refractivity contribution in [2.45, 2.75) is 38.6 Å². The van der Waals surface area contributed by atoms with Gasteiger partial charge in [-0.2, -0.15) is 0 Å². The quantitative estimate of drug-likeness (QED) is 0.330. The van der Waals surface area contributed by atoms with E-state index in [-0.39, 0.29) is 23.7 Å². The van der Waals surface area contributed by atoms with Gasteiger partial charge in [0.05, 0.1) is 40.6 Å². The highest BCUT2D eigenvalue weighted by molar-refractivity contribution is 7.90. The lowest BCUT2D eigenvalue weighted by atomic mass is 10.2. The third kappa shape index (κ3) is 5.92. The van der Waals surface area contributed by atoms with E-state index in [1.807, 2.05) is 13.8 Å².